The van der Waals surface area contributed by atoms with E-state index in [1.54, 1.807) is 0 Å². The van der Waals surface area contributed by atoms with Gasteiger partial charge in [0, 0.05) is 13.1 Å². The van der Waals surface area contributed by atoms with Crippen LogP contribution in [0.25, 0.3) is 11.3 Å². The molecule has 1 heterocycles. The van der Waals surface area contributed by atoms with Crippen LogP contribution in [0.5, 0.6) is 0 Å². The average Bonchev–Trinajstić information content (AvgIpc) is 2.71. The molecule has 1 unspecified atom stereocenters. The molecule has 3 nitrogen and oxygen atoms in total. The van der Waals surface area contributed by atoms with Gasteiger partial charge in [0.15, 0.2) is 0 Å². The highest BCUT2D eigenvalue weighted by Crippen LogP contribution is 2.21. The van der Waals surface area contributed by atoms with Gasteiger partial charge >= 0.3 is 0 Å². The summed E-state index contributed by atoms with van der Waals surface area (Å²) in [6, 6.07) is 12.7. The van der Waals surface area contributed by atoms with Gasteiger partial charge in [0.2, 0.25) is 0 Å². The molecule has 0 fully saturated rings. The molecule has 0 amide bonds. The monoisotopic (exact) mass is 215 g/mol. The predicted octanol–water partition coefficient (Wildman–Crippen LogP) is 2.37. The normalized spacial score (nSPS) is 12.7. The Kier molecular flexibility index (Phi) is 3.06. The zero-order chi connectivity index (χ0) is 11.5. The molecule has 1 aromatic heterocycles. The van der Waals surface area contributed by atoms with Crippen LogP contribution in [0.2, 0.25) is 0 Å². The van der Waals surface area contributed by atoms with Crippen LogP contribution in [0.3, 0.4) is 0 Å². The van der Waals surface area contributed by atoms with Crippen molar-refractivity contribution in [2.24, 2.45) is 7.05 Å². The Labute approximate surface area is 96.1 Å². The standard InChI is InChI=1S/C13H17N3/c1-10(14-2)12-9-13(16(3)15-12)11-7-5-4-6-8-11/h4-10,14H,1-3H3. The van der Waals surface area contributed by atoms with Gasteiger partial charge in [0.25, 0.3) is 0 Å². The van der Waals surface area contributed by atoms with E-state index in [4.69, 9.17) is 0 Å². The van der Waals surface area contributed by atoms with Crippen molar-refractivity contribution >= 4 is 0 Å². The summed E-state index contributed by atoms with van der Waals surface area (Å²) in [5, 5.41) is 7.71. The summed E-state index contributed by atoms with van der Waals surface area (Å²) in [7, 11) is 3.93. The lowest BCUT2D eigenvalue weighted by molar-refractivity contribution is 0.612. The van der Waals surface area contributed by atoms with E-state index in [-0.39, 0.29) is 6.04 Å². The molecule has 0 saturated heterocycles. The lowest BCUT2D eigenvalue weighted by atomic mass is 10.1. The van der Waals surface area contributed by atoms with E-state index in [1.165, 1.54) is 5.56 Å². The molecule has 0 aliphatic rings. The number of aryl methyl sites for hydroxylation is 1. The highest BCUT2D eigenvalue weighted by molar-refractivity contribution is 5.59. The summed E-state index contributed by atoms with van der Waals surface area (Å²) < 4.78 is 1.93. The smallest absolute Gasteiger partial charge is 0.0797 e. The number of benzene rings is 1. The van der Waals surface area contributed by atoms with E-state index in [2.05, 4.69) is 35.5 Å². The number of nitrogens with one attached hydrogen (secondary N) is 1. The number of aromatic nitrogens is 2. The molecule has 1 N–H and O–H groups in total. The van der Waals surface area contributed by atoms with E-state index < -0.39 is 0 Å². The number of nitrogens with zero attached hydrogens (tertiary/aromatic N) is 2. The van der Waals surface area contributed by atoms with E-state index in [0.717, 1.165) is 11.4 Å². The average molecular weight is 215 g/mol. The fourth-order valence-electron chi connectivity index (χ4n) is 1.73. The molecule has 0 bridgehead atoms. The highest BCUT2D eigenvalue weighted by Gasteiger charge is 2.10. The van der Waals surface area contributed by atoms with Gasteiger partial charge in [-0.2, -0.15) is 5.10 Å². The van der Waals surface area contributed by atoms with E-state index >= 15 is 0 Å². The molecule has 0 spiro atoms. The number of rotatable bonds is 3. The lowest BCUT2D eigenvalue weighted by Gasteiger charge is -2.04. The SMILES string of the molecule is CNC(C)c1cc(-c2ccccc2)n(C)n1. The summed E-state index contributed by atoms with van der Waals surface area (Å²) in [5.74, 6) is 0. The summed E-state index contributed by atoms with van der Waals surface area (Å²) in [5.41, 5.74) is 3.42. The molecular weight excluding hydrogens is 198 g/mol. The Hall–Kier alpha value is -1.61. The van der Waals surface area contributed by atoms with E-state index in [9.17, 15) is 0 Å². The predicted molar refractivity (Wildman–Crippen MR) is 66.1 cm³/mol. The van der Waals surface area contributed by atoms with Crippen LogP contribution in [-0.2, 0) is 7.05 Å². The second-order valence-electron chi connectivity index (χ2n) is 3.95. The number of hydrogen-bond donors (Lipinski definition) is 1. The topological polar surface area (TPSA) is 29.9 Å². The molecule has 0 aliphatic heterocycles. The van der Waals surface area contributed by atoms with Crippen molar-refractivity contribution in [1.82, 2.24) is 15.1 Å². The first-order valence-electron chi connectivity index (χ1n) is 5.49. The third-order valence-electron chi connectivity index (χ3n) is 2.84. The van der Waals surface area contributed by atoms with Crippen molar-refractivity contribution < 1.29 is 0 Å². The third kappa shape index (κ3) is 1.99. The van der Waals surface area contributed by atoms with Crippen LogP contribution in [0.15, 0.2) is 36.4 Å². The molecule has 0 saturated carbocycles. The minimum absolute atomic E-state index is 0.281. The maximum Gasteiger partial charge on any atom is 0.0797 e. The van der Waals surface area contributed by atoms with Gasteiger partial charge < -0.3 is 5.32 Å². The van der Waals surface area contributed by atoms with Crippen LogP contribution in [0.1, 0.15) is 18.7 Å². The maximum atomic E-state index is 4.51. The van der Waals surface area contributed by atoms with Crippen LogP contribution in [-0.4, -0.2) is 16.8 Å². The minimum atomic E-state index is 0.281. The van der Waals surface area contributed by atoms with Crippen LogP contribution >= 0.6 is 0 Å². The van der Waals surface area contributed by atoms with Crippen molar-refractivity contribution in [2.75, 3.05) is 7.05 Å². The zero-order valence-corrected chi connectivity index (χ0v) is 9.94. The van der Waals surface area contributed by atoms with E-state index in [1.807, 2.05) is 37.0 Å². The van der Waals surface area contributed by atoms with Crippen LogP contribution < -0.4 is 5.32 Å². The Balaban J connectivity index is 2.40. The maximum absolute atomic E-state index is 4.51. The molecule has 0 aliphatic carbocycles. The first-order chi connectivity index (χ1) is 7.72. The molecule has 3 heteroatoms. The van der Waals surface area contributed by atoms with Crippen molar-refractivity contribution in [3.63, 3.8) is 0 Å². The molecule has 84 valence electrons. The van der Waals surface area contributed by atoms with Crippen LogP contribution in [0.4, 0.5) is 0 Å². The Morgan fingerprint density at radius 1 is 1.25 bits per heavy atom. The second-order valence-corrected chi connectivity index (χ2v) is 3.95. The third-order valence-corrected chi connectivity index (χ3v) is 2.84. The summed E-state index contributed by atoms with van der Waals surface area (Å²) in [6.45, 7) is 2.11. The van der Waals surface area contributed by atoms with Crippen molar-refractivity contribution in [3.8, 4) is 11.3 Å². The molecule has 0 radical (unpaired) electrons. The van der Waals surface area contributed by atoms with Gasteiger partial charge in [-0.15, -0.1) is 0 Å². The zero-order valence-electron chi connectivity index (χ0n) is 9.94. The lowest BCUT2D eigenvalue weighted by Crippen LogP contribution is -2.13. The Bertz CT molecular complexity index is 459. The number of hydrogen-bond acceptors (Lipinski definition) is 2. The highest BCUT2D eigenvalue weighted by atomic mass is 15.3. The van der Waals surface area contributed by atoms with Gasteiger partial charge in [-0.05, 0) is 25.6 Å². The first kappa shape index (κ1) is 10.9. The summed E-state index contributed by atoms with van der Waals surface area (Å²) >= 11 is 0. The van der Waals surface area contributed by atoms with Gasteiger partial charge in [-0.3, -0.25) is 4.68 Å². The van der Waals surface area contributed by atoms with E-state index in [0.29, 0.717) is 0 Å². The van der Waals surface area contributed by atoms with Gasteiger partial charge in [0.1, 0.15) is 0 Å². The summed E-state index contributed by atoms with van der Waals surface area (Å²) in [6.07, 6.45) is 0. The van der Waals surface area contributed by atoms with Crippen molar-refractivity contribution in [3.05, 3.63) is 42.1 Å². The van der Waals surface area contributed by atoms with Crippen LogP contribution in [0, 0.1) is 0 Å². The largest absolute Gasteiger partial charge is 0.312 e. The van der Waals surface area contributed by atoms with Crippen molar-refractivity contribution in [1.29, 1.82) is 0 Å². The van der Waals surface area contributed by atoms with Gasteiger partial charge in [-0.25, -0.2) is 0 Å². The van der Waals surface area contributed by atoms with Gasteiger partial charge in [-0.1, -0.05) is 30.3 Å². The van der Waals surface area contributed by atoms with Crippen molar-refractivity contribution in [2.45, 2.75) is 13.0 Å². The quantitative estimate of drug-likeness (QED) is 0.851. The molecule has 2 aromatic rings. The summed E-state index contributed by atoms with van der Waals surface area (Å²) in [4.78, 5) is 0. The molecule has 1 atom stereocenters. The molecule has 16 heavy (non-hydrogen) atoms. The second kappa shape index (κ2) is 4.49. The first-order valence-corrected chi connectivity index (χ1v) is 5.49. The Morgan fingerprint density at radius 2 is 1.94 bits per heavy atom. The fourth-order valence-corrected chi connectivity index (χ4v) is 1.73. The fraction of sp³-hybridized carbons (Fsp3) is 0.308. The molecular formula is C13H17N3. The Morgan fingerprint density at radius 3 is 2.56 bits per heavy atom. The minimum Gasteiger partial charge on any atom is -0.312 e. The molecule has 2 rings (SSSR count). The van der Waals surface area contributed by atoms with Gasteiger partial charge in [0.05, 0.1) is 11.4 Å². The molecule has 1 aromatic carbocycles.